The van der Waals surface area contributed by atoms with Gasteiger partial charge >= 0.3 is 33.7 Å². The van der Waals surface area contributed by atoms with E-state index < -0.39 is 48.6 Å². The molecule has 13 rings (SSSR count). The molecule has 3 aliphatic heterocycles. The molecule has 0 saturated carbocycles. The summed E-state index contributed by atoms with van der Waals surface area (Å²) in [6.07, 6.45) is 3.58. The Hall–Kier alpha value is -11.3. The summed E-state index contributed by atoms with van der Waals surface area (Å²) in [7, 11) is 5.45. The minimum absolute atomic E-state index is 0. The fourth-order valence-corrected chi connectivity index (χ4v) is 13.6. The van der Waals surface area contributed by atoms with Crippen LogP contribution in [0.3, 0.4) is 0 Å². The van der Waals surface area contributed by atoms with Crippen LogP contribution in [-0.2, 0) is 20.1 Å². The summed E-state index contributed by atoms with van der Waals surface area (Å²) in [5, 5.41) is 40.0. The summed E-state index contributed by atoms with van der Waals surface area (Å²) in [6, 6.07) is 32.5. The number of thiophene rings is 1. The number of furan rings is 2. The first-order chi connectivity index (χ1) is 47.5. The van der Waals surface area contributed by atoms with E-state index in [4.69, 9.17) is 8.83 Å². The maximum Gasteiger partial charge on any atom is 0.357 e. The molecular formula is C73H84FN13O14S. The van der Waals surface area contributed by atoms with Crippen LogP contribution >= 0.6 is 11.3 Å². The fourth-order valence-electron chi connectivity index (χ4n) is 12.9. The third-order valence-corrected chi connectivity index (χ3v) is 18.7. The first-order valence-corrected chi connectivity index (χ1v) is 32.9. The summed E-state index contributed by atoms with van der Waals surface area (Å²) in [4.78, 5) is 125. The first kappa shape index (κ1) is 76.4. The standard InChI is InChI=1S/C26H23FN4O5.C24H29N5O4S.C20H20N4O5.3CH4/c1-17-4-9-21-20(15-17)23(28-10-12-29(13-11-28)25(32)22-3-2-14-36-22)24(31(34)35)26(33)30(21)16-18-5-7-19(27)8-6-18;1-17-7-8-19-18(16-17)21(22(29(32)33)24(31)28(19)10-5-9-25(2)3)26-11-13-27(14-12-26)23(30)20-6-4-15-34-20;1-13-5-6-15-14(12-13)17(18(24(27)28)20(26)21(15)2)22-7-9-23(10-8-22)19(25)16-4-3-11-29-16;;;/h2-9,14-15H,10-13,16H2,1H3;4,6-8,15-16H,5,9-14H2,1-3H3;3-6,11-12H,7-10H2,1-2H3;3*1H4. The topological polar surface area (TPSA) is 296 Å². The van der Waals surface area contributed by atoms with Crippen molar-refractivity contribution in [1.29, 1.82) is 0 Å². The highest BCUT2D eigenvalue weighted by molar-refractivity contribution is 7.12. The number of rotatable bonds is 15. The minimum atomic E-state index is -0.732. The summed E-state index contributed by atoms with van der Waals surface area (Å²) >= 11 is 1.40. The van der Waals surface area contributed by atoms with Gasteiger partial charge in [-0.1, -0.05) is 75.4 Å². The molecule has 6 aromatic heterocycles. The predicted octanol–water partition coefficient (Wildman–Crippen LogP) is 11.4. The number of nitrogens with zero attached hydrogens (tertiary/aromatic N) is 13. The smallest absolute Gasteiger partial charge is 0.357 e. The van der Waals surface area contributed by atoms with Crippen LogP contribution in [0.15, 0.2) is 156 Å². The highest BCUT2D eigenvalue weighted by Gasteiger charge is 2.37. The van der Waals surface area contributed by atoms with Gasteiger partial charge < -0.3 is 52.3 Å². The van der Waals surface area contributed by atoms with Gasteiger partial charge in [-0.25, -0.2) is 4.39 Å². The Balaban J connectivity index is 0.000000192. The van der Waals surface area contributed by atoms with Crippen molar-refractivity contribution in [1.82, 2.24) is 33.3 Å². The summed E-state index contributed by atoms with van der Waals surface area (Å²) < 4.78 is 28.0. The third kappa shape index (κ3) is 16.0. The van der Waals surface area contributed by atoms with Gasteiger partial charge in [0, 0.05) is 108 Å². The zero-order valence-electron chi connectivity index (χ0n) is 55.3. The SMILES string of the molecule is C.C.C.Cc1ccc2c(c1)c(N1CCN(C(=O)c3ccco3)CC1)c([N+](=O)[O-])c(=O)n2C.Cc1ccc2c(c1)c(N1CCN(C(=O)c3ccco3)CC1)c([N+](=O)[O-])c(=O)n2Cc1ccc(F)cc1.Cc1ccc2c(c1)c(N1CCN(C(=O)c3cccs3)CC1)c([N+](=O)[O-])c(=O)n2CCCN(C)C. The second kappa shape index (κ2) is 32.8. The molecule has 102 heavy (non-hydrogen) atoms. The molecule has 0 radical (unpaired) electrons. The molecule has 0 atom stereocenters. The second-order valence-electron chi connectivity index (χ2n) is 24.7. The molecule has 3 aliphatic rings. The van der Waals surface area contributed by atoms with Crippen LogP contribution in [0.5, 0.6) is 0 Å². The highest BCUT2D eigenvalue weighted by atomic mass is 32.1. The number of amides is 3. The Kier molecular flexibility index (Phi) is 24.6. The van der Waals surface area contributed by atoms with Gasteiger partial charge in [0.1, 0.15) is 22.9 Å². The monoisotopic (exact) mass is 1420 g/mol. The molecule has 10 aromatic rings. The highest BCUT2D eigenvalue weighted by Crippen LogP contribution is 2.39. The molecule has 3 saturated heterocycles. The van der Waals surface area contributed by atoms with Crippen LogP contribution in [0.2, 0.25) is 0 Å². The van der Waals surface area contributed by atoms with E-state index in [1.807, 2.05) is 103 Å². The van der Waals surface area contributed by atoms with Gasteiger partial charge in [0.25, 0.3) is 17.7 Å². The van der Waals surface area contributed by atoms with E-state index in [0.717, 1.165) is 23.2 Å². The van der Waals surface area contributed by atoms with Crippen LogP contribution in [0.1, 0.15) is 81.7 Å². The normalized spacial score (nSPS) is 13.7. The summed E-state index contributed by atoms with van der Waals surface area (Å²) in [6.45, 7) is 11.5. The van der Waals surface area contributed by atoms with Crippen LogP contribution < -0.4 is 31.4 Å². The number of piperazine rings is 3. The van der Waals surface area contributed by atoms with Crippen LogP contribution in [0.25, 0.3) is 32.7 Å². The molecule has 0 spiro atoms. The quantitative estimate of drug-likeness (QED) is 0.0680. The van der Waals surface area contributed by atoms with Crippen molar-refractivity contribution < 1.29 is 42.4 Å². The number of hydrogen-bond acceptors (Lipinski definition) is 19. The van der Waals surface area contributed by atoms with Crippen LogP contribution in [-0.4, -0.2) is 165 Å². The number of nitro groups is 3. The van der Waals surface area contributed by atoms with Gasteiger partial charge in [0.15, 0.2) is 11.5 Å². The lowest BCUT2D eigenvalue weighted by Crippen LogP contribution is -2.49. The Labute approximate surface area is 591 Å². The lowest BCUT2D eigenvalue weighted by Gasteiger charge is -2.36. The van der Waals surface area contributed by atoms with Crippen molar-refractivity contribution in [3.05, 3.63) is 239 Å². The van der Waals surface area contributed by atoms with Crippen molar-refractivity contribution in [2.45, 2.75) is 62.6 Å². The van der Waals surface area contributed by atoms with Crippen LogP contribution in [0.4, 0.5) is 38.5 Å². The number of aryl methyl sites for hydroxylation is 5. The van der Waals surface area contributed by atoms with Crippen molar-refractivity contribution in [3.63, 3.8) is 0 Å². The Morgan fingerprint density at radius 1 is 0.510 bits per heavy atom. The van der Waals surface area contributed by atoms with Gasteiger partial charge in [-0.05, 0) is 138 Å². The molecule has 27 nitrogen and oxygen atoms in total. The zero-order valence-corrected chi connectivity index (χ0v) is 56.1. The maximum absolute atomic E-state index is 13.5. The molecule has 538 valence electrons. The van der Waals surface area contributed by atoms with E-state index in [1.165, 1.54) is 56.7 Å². The molecule has 29 heteroatoms. The average Bonchev–Trinajstić information content (AvgIpc) is 0.962. The molecule has 0 bridgehead atoms. The molecule has 0 aliphatic carbocycles. The van der Waals surface area contributed by atoms with Crippen molar-refractivity contribution in [3.8, 4) is 0 Å². The van der Waals surface area contributed by atoms with Gasteiger partial charge in [-0.3, -0.25) is 63.7 Å². The van der Waals surface area contributed by atoms with E-state index >= 15 is 0 Å². The molecule has 3 fully saturated rings. The minimum Gasteiger partial charge on any atom is -0.459 e. The largest absolute Gasteiger partial charge is 0.459 e. The Bertz CT molecular complexity index is 4900. The van der Waals surface area contributed by atoms with E-state index in [0.29, 0.717) is 146 Å². The number of carbonyl (C=O) groups is 3. The fraction of sp³-hybridized carbons (Fsp3) is 0.342. The van der Waals surface area contributed by atoms with Gasteiger partial charge in [-0.15, -0.1) is 11.3 Å². The zero-order chi connectivity index (χ0) is 70.5. The maximum atomic E-state index is 13.5. The molecule has 9 heterocycles. The van der Waals surface area contributed by atoms with Crippen molar-refractivity contribution in [2.75, 3.05) is 114 Å². The number of aromatic nitrogens is 3. The first-order valence-electron chi connectivity index (χ1n) is 32.0. The van der Waals surface area contributed by atoms with Crippen molar-refractivity contribution in [2.24, 2.45) is 7.05 Å². The predicted molar refractivity (Wildman–Crippen MR) is 395 cm³/mol. The Morgan fingerprint density at radius 3 is 1.29 bits per heavy atom. The number of carbonyl (C=O) groups excluding carboxylic acids is 3. The summed E-state index contributed by atoms with van der Waals surface area (Å²) in [5.41, 5.74) is 2.97. The Morgan fingerprint density at radius 2 is 0.902 bits per heavy atom. The van der Waals surface area contributed by atoms with E-state index in [1.54, 1.807) is 74.2 Å². The van der Waals surface area contributed by atoms with Gasteiger partial charge in [-0.2, -0.15) is 0 Å². The molecule has 0 unspecified atom stereocenters. The van der Waals surface area contributed by atoms with Crippen molar-refractivity contribution >= 4 is 95.9 Å². The second-order valence-corrected chi connectivity index (χ2v) is 25.6. The third-order valence-electron chi connectivity index (χ3n) is 17.9. The van der Waals surface area contributed by atoms with E-state index in [2.05, 4.69) is 0 Å². The molecular weight excluding hydrogens is 1330 g/mol. The number of benzene rings is 4. The lowest BCUT2D eigenvalue weighted by atomic mass is 10.1. The molecule has 3 amide bonds. The molecule has 0 N–H and O–H groups in total. The number of anilines is 3. The average molecular weight is 1420 g/mol. The van der Waals surface area contributed by atoms with Crippen LogP contribution in [0, 0.1) is 56.9 Å². The van der Waals surface area contributed by atoms with Gasteiger partial charge in [0.2, 0.25) is 0 Å². The number of fused-ring (bicyclic) bond motifs is 3. The number of pyridine rings is 3. The number of halogens is 1. The summed E-state index contributed by atoms with van der Waals surface area (Å²) in [5.74, 6) is -0.393. The lowest BCUT2D eigenvalue weighted by molar-refractivity contribution is -0.385. The van der Waals surface area contributed by atoms with E-state index in [9.17, 15) is 63.5 Å². The van der Waals surface area contributed by atoms with Gasteiger partial charge in [0.05, 0.1) is 55.3 Å². The molecule has 4 aromatic carbocycles. The number of hydrogen-bond donors (Lipinski definition) is 0. The van der Waals surface area contributed by atoms with E-state index in [-0.39, 0.29) is 69.4 Å².